The van der Waals surface area contributed by atoms with Gasteiger partial charge in [0.1, 0.15) is 0 Å². The molecule has 2 fully saturated rings. The molecule has 0 heterocycles. The SMILES string of the molecule is CCCCOOC1(OOCCCC)CCC(C(CC)C2CCC(OOCCCC)(OOCCCC)CC2)CC1. The van der Waals surface area contributed by atoms with E-state index in [1.807, 2.05) is 0 Å². The molecule has 0 amide bonds. The zero-order chi connectivity index (χ0) is 28.2. The van der Waals surface area contributed by atoms with Gasteiger partial charge in [0.05, 0.1) is 26.4 Å². The lowest BCUT2D eigenvalue weighted by atomic mass is 9.67. The molecule has 0 aromatic heterocycles. The molecule has 0 aromatic rings. The van der Waals surface area contributed by atoms with E-state index < -0.39 is 11.6 Å². The van der Waals surface area contributed by atoms with Gasteiger partial charge in [0, 0.05) is 25.7 Å². The first-order valence-corrected chi connectivity index (χ1v) is 16.3. The third-order valence-electron chi connectivity index (χ3n) is 8.43. The van der Waals surface area contributed by atoms with Gasteiger partial charge in [-0.25, -0.2) is 19.6 Å². The van der Waals surface area contributed by atoms with Crippen molar-refractivity contribution in [3.05, 3.63) is 0 Å². The highest BCUT2D eigenvalue weighted by Gasteiger charge is 2.46. The van der Waals surface area contributed by atoms with Crippen LogP contribution in [0.5, 0.6) is 0 Å². The predicted octanol–water partition coefficient (Wildman–Crippen LogP) is 8.78. The van der Waals surface area contributed by atoms with E-state index in [4.69, 9.17) is 39.1 Å². The van der Waals surface area contributed by atoms with Crippen molar-refractivity contribution in [2.75, 3.05) is 26.4 Å². The van der Waals surface area contributed by atoms with Crippen LogP contribution in [0.3, 0.4) is 0 Å². The van der Waals surface area contributed by atoms with Crippen molar-refractivity contribution in [3.8, 4) is 0 Å². The van der Waals surface area contributed by atoms with E-state index in [9.17, 15) is 0 Å². The zero-order valence-corrected chi connectivity index (χ0v) is 25.8. The van der Waals surface area contributed by atoms with Gasteiger partial charge in [-0.2, -0.15) is 19.6 Å². The Morgan fingerprint density at radius 1 is 0.487 bits per heavy atom. The van der Waals surface area contributed by atoms with Gasteiger partial charge in [-0.15, -0.1) is 0 Å². The van der Waals surface area contributed by atoms with Crippen molar-refractivity contribution in [3.63, 3.8) is 0 Å². The van der Waals surface area contributed by atoms with Crippen LogP contribution in [0.2, 0.25) is 0 Å². The lowest BCUT2D eigenvalue weighted by Crippen LogP contribution is -2.44. The summed E-state index contributed by atoms with van der Waals surface area (Å²) in [7, 11) is 0. The number of hydrogen-bond acceptors (Lipinski definition) is 8. The highest BCUT2D eigenvalue weighted by atomic mass is 17.3. The third kappa shape index (κ3) is 12.6. The Labute approximate surface area is 238 Å². The average molecular weight is 561 g/mol. The van der Waals surface area contributed by atoms with Crippen molar-refractivity contribution >= 4 is 0 Å². The molecular weight excluding hydrogens is 500 g/mol. The average Bonchev–Trinajstić information content (AvgIpc) is 2.96. The first-order valence-electron chi connectivity index (χ1n) is 16.3. The molecule has 0 unspecified atom stereocenters. The molecular formula is C31H60O8. The molecule has 0 radical (unpaired) electrons. The normalized spacial score (nSPS) is 20.2. The Hall–Kier alpha value is -0.320. The molecule has 0 atom stereocenters. The molecule has 8 heteroatoms. The van der Waals surface area contributed by atoms with Gasteiger partial charge in [0.2, 0.25) is 11.6 Å². The van der Waals surface area contributed by atoms with Crippen LogP contribution in [0, 0.1) is 17.8 Å². The van der Waals surface area contributed by atoms with Crippen LogP contribution in [-0.2, 0) is 39.1 Å². The Balaban J connectivity index is 1.92. The molecule has 0 spiro atoms. The van der Waals surface area contributed by atoms with E-state index in [2.05, 4.69) is 34.6 Å². The molecule has 0 N–H and O–H groups in total. The first kappa shape index (κ1) is 34.9. The summed E-state index contributed by atoms with van der Waals surface area (Å²) in [6.45, 7) is 13.2. The van der Waals surface area contributed by atoms with Crippen molar-refractivity contribution in [2.24, 2.45) is 17.8 Å². The van der Waals surface area contributed by atoms with Gasteiger partial charge >= 0.3 is 0 Å². The van der Waals surface area contributed by atoms with Crippen LogP contribution in [0.25, 0.3) is 0 Å². The predicted molar refractivity (Wildman–Crippen MR) is 151 cm³/mol. The molecule has 39 heavy (non-hydrogen) atoms. The Morgan fingerprint density at radius 3 is 1.00 bits per heavy atom. The van der Waals surface area contributed by atoms with Crippen LogP contribution in [0.15, 0.2) is 0 Å². The molecule has 0 aromatic carbocycles. The molecule has 2 saturated carbocycles. The summed E-state index contributed by atoms with van der Waals surface area (Å²) in [6.07, 6.45) is 16.6. The van der Waals surface area contributed by atoms with Crippen LogP contribution in [0.1, 0.15) is 144 Å². The maximum Gasteiger partial charge on any atom is 0.234 e. The summed E-state index contributed by atoms with van der Waals surface area (Å²) in [4.78, 5) is 45.8. The second kappa shape index (κ2) is 20.5. The van der Waals surface area contributed by atoms with Gasteiger partial charge in [-0.1, -0.05) is 66.7 Å². The minimum absolute atomic E-state index is 0.579. The summed E-state index contributed by atoms with van der Waals surface area (Å²) in [5.74, 6) is 0.298. The van der Waals surface area contributed by atoms with Gasteiger partial charge in [-0.05, 0) is 69.1 Å². The van der Waals surface area contributed by atoms with Crippen LogP contribution in [-0.4, -0.2) is 38.0 Å². The fraction of sp³-hybridized carbons (Fsp3) is 1.00. The topological polar surface area (TPSA) is 73.8 Å². The van der Waals surface area contributed by atoms with Crippen LogP contribution in [0.4, 0.5) is 0 Å². The van der Waals surface area contributed by atoms with Crippen molar-refractivity contribution in [1.29, 1.82) is 0 Å². The minimum atomic E-state index is -0.800. The maximum atomic E-state index is 5.89. The van der Waals surface area contributed by atoms with Gasteiger partial charge in [0.25, 0.3) is 0 Å². The molecule has 2 rings (SSSR count). The summed E-state index contributed by atoms with van der Waals surface area (Å²) >= 11 is 0. The summed E-state index contributed by atoms with van der Waals surface area (Å²) in [6, 6.07) is 0. The Kier molecular flexibility index (Phi) is 18.4. The standard InChI is InChI=1S/C31H60O8/c1-6-11-23-32-36-30(37-33-24-12-7-2)19-15-27(16-20-30)29(10-5)28-17-21-31(22-18-28,38-34-25-13-8-3)39-35-26-14-9-4/h27-29H,6-26H2,1-5H3. The van der Waals surface area contributed by atoms with Gasteiger partial charge in [0.15, 0.2) is 0 Å². The third-order valence-corrected chi connectivity index (χ3v) is 8.43. The van der Waals surface area contributed by atoms with Crippen LogP contribution < -0.4 is 0 Å². The number of rotatable bonds is 23. The molecule has 0 bridgehead atoms. The Bertz CT molecular complexity index is 497. The van der Waals surface area contributed by atoms with Crippen molar-refractivity contribution < 1.29 is 39.1 Å². The molecule has 8 nitrogen and oxygen atoms in total. The number of unbranched alkanes of at least 4 members (excludes halogenated alkanes) is 4. The summed E-state index contributed by atoms with van der Waals surface area (Å²) in [5, 5.41) is 0. The van der Waals surface area contributed by atoms with Crippen LogP contribution >= 0.6 is 0 Å². The molecule has 232 valence electrons. The van der Waals surface area contributed by atoms with E-state index in [1.54, 1.807) is 0 Å². The highest BCUT2D eigenvalue weighted by molar-refractivity contribution is 4.88. The molecule has 0 aliphatic heterocycles. The summed E-state index contributed by atoms with van der Waals surface area (Å²) < 4.78 is 0. The molecule has 2 aliphatic carbocycles. The molecule has 2 aliphatic rings. The zero-order valence-electron chi connectivity index (χ0n) is 25.8. The van der Waals surface area contributed by atoms with E-state index in [0.717, 1.165) is 103 Å². The second-order valence-corrected chi connectivity index (χ2v) is 11.6. The first-order chi connectivity index (χ1) is 19.1. The monoisotopic (exact) mass is 560 g/mol. The van der Waals surface area contributed by atoms with E-state index in [1.165, 1.54) is 6.42 Å². The minimum Gasteiger partial charge on any atom is -0.234 e. The fourth-order valence-corrected chi connectivity index (χ4v) is 5.84. The highest BCUT2D eigenvalue weighted by Crippen LogP contribution is 2.47. The van der Waals surface area contributed by atoms with E-state index in [-0.39, 0.29) is 0 Å². The largest absolute Gasteiger partial charge is 0.234 e. The number of hydrogen-bond donors (Lipinski definition) is 0. The van der Waals surface area contributed by atoms with Crippen molar-refractivity contribution in [2.45, 2.75) is 155 Å². The second-order valence-electron chi connectivity index (χ2n) is 11.6. The van der Waals surface area contributed by atoms with Crippen molar-refractivity contribution in [1.82, 2.24) is 0 Å². The maximum absolute atomic E-state index is 5.89. The smallest absolute Gasteiger partial charge is 0.234 e. The lowest BCUT2D eigenvalue weighted by molar-refractivity contribution is -0.519. The van der Waals surface area contributed by atoms with E-state index in [0.29, 0.717) is 44.2 Å². The Morgan fingerprint density at radius 2 is 0.769 bits per heavy atom. The summed E-state index contributed by atoms with van der Waals surface area (Å²) in [5.41, 5.74) is 0. The molecule has 0 saturated heterocycles. The quantitative estimate of drug-likeness (QED) is 0.0531. The lowest BCUT2D eigenvalue weighted by Gasteiger charge is -2.44. The fourth-order valence-electron chi connectivity index (χ4n) is 5.84. The van der Waals surface area contributed by atoms with Gasteiger partial charge in [-0.3, -0.25) is 0 Å². The van der Waals surface area contributed by atoms with E-state index >= 15 is 0 Å². The van der Waals surface area contributed by atoms with Gasteiger partial charge < -0.3 is 0 Å².